The van der Waals surface area contributed by atoms with Gasteiger partial charge in [-0.1, -0.05) is 42.5 Å². The Balaban J connectivity index is 1.65. The molecule has 152 valence electrons. The molecule has 2 aromatic heterocycles. The lowest BCUT2D eigenvalue weighted by Crippen LogP contribution is -2.04. The largest absolute Gasteiger partial charge is 0.458 e. The number of fused-ring (bicyclic) bond motifs is 1. The Morgan fingerprint density at radius 3 is 2.42 bits per heavy atom. The van der Waals surface area contributed by atoms with Crippen LogP contribution in [0.3, 0.4) is 0 Å². The minimum atomic E-state index is -0.281. The lowest BCUT2D eigenvalue weighted by molar-refractivity contribution is 0.103. The van der Waals surface area contributed by atoms with Crippen LogP contribution in [0.5, 0.6) is 0 Å². The van der Waals surface area contributed by atoms with Crippen LogP contribution in [-0.2, 0) is 6.54 Å². The van der Waals surface area contributed by atoms with Crippen molar-refractivity contribution >= 4 is 16.8 Å². The molecular formula is C26H19FN2O2. The summed E-state index contributed by atoms with van der Waals surface area (Å²) in [6.07, 6.45) is 0. The third kappa shape index (κ3) is 3.66. The maximum atomic E-state index is 13.4. The molecule has 0 unspecified atom stereocenters. The van der Waals surface area contributed by atoms with E-state index in [4.69, 9.17) is 9.40 Å². The first kappa shape index (κ1) is 19.0. The van der Waals surface area contributed by atoms with E-state index < -0.39 is 0 Å². The van der Waals surface area contributed by atoms with Gasteiger partial charge in [0.15, 0.2) is 17.4 Å². The third-order valence-corrected chi connectivity index (χ3v) is 5.26. The van der Waals surface area contributed by atoms with Crippen molar-refractivity contribution in [2.24, 2.45) is 0 Å². The van der Waals surface area contributed by atoms with Gasteiger partial charge in [-0.25, -0.2) is 9.37 Å². The van der Waals surface area contributed by atoms with Gasteiger partial charge in [-0.05, 0) is 55.0 Å². The number of aryl methyl sites for hydroxylation is 1. The van der Waals surface area contributed by atoms with E-state index in [1.165, 1.54) is 12.1 Å². The van der Waals surface area contributed by atoms with Crippen LogP contribution in [0, 0.1) is 12.7 Å². The number of imidazole rings is 1. The van der Waals surface area contributed by atoms with Gasteiger partial charge in [-0.15, -0.1) is 0 Å². The van der Waals surface area contributed by atoms with Crippen LogP contribution in [0.15, 0.2) is 89.3 Å². The van der Waals surface area contributed by atoms with Crippen LogP contribution in [-0.4, -0.2) is 15.3 Å². The molecule has 0 aliphatic heterocycles. The molecule has 0 amide bonds. The van der Waals surface area contributed by atoms with Crippen molar-refractivity contribution in [3.63, 3.8) is 0 Å². The zero-order valence-corrected chi connectivity index (χ0v) is 16.9. The molecule has 0 atom stereocenters. The van der Waals surface area contributed by atoms with Crippen LogP contribution >= 0.6 is 0 Å². The van der Waals surface area contributed by atoms with E-state index in [0.717, 1.165) is 22.4 Å². The van der Waals surface area contributed by atoms with Crippen LogP contribution < -0.4 is 0 Å². The van der Waals surface area contributed by atoms with Gasteiger partial charge in [0.25, 0.3) is 0 Å². The van der Waals surface area contributed by atoms with Gasteiger partial charge in [0, 0.05) is 17.7 Å². The fourth-order valence-corrected chi connectivity index (χ4v) is 3.70. The molecule has 5 aromatic rings. The zero-order valence-electron chi connectivity index (χ0n) is 16.9. The van der Waals surface area contributed by atoms with Gasteiger partial charge < -0.3 is 8.98 Å². The van der Waals surface area contributed by atoms with Crippen molar-refractivity contribution in [2.45, 2.75) is 13.5 Å². The summed E-state index contributed by atoms with van der Waals surface area (Å²) in [7, 11) is 0. The summed E-state index contributed by atoms with van der Waals surface area (Å²) in [5.74, 6) is 1.77. The number of nitrogens with zero attached hydrogens (tertiary/aromatic N) is 2. The lowest BCUT2D eigenvalue weighted by atomic mass is 10.0. The number of ketones is 1. The maximum Gasteiger partial charge on any atom is 0.193 e. The van der Waals surface area contributed by atoms with E-state index in [1.807, 2.05) is 54.0 Å². The van der Waals surface area contributed by atoms with Crippen LogP contribution in [0.25, 0.3) is 22.6 Å². The first-order valence-corrected chi connectivity index (χ1v) is 10.00. The van der Waals surface area contributed by atoms with E-state index in [0.29, 0.717) is 29.3 Å². The number of benzene rings is 3. The monoisotopic (exact) mass is 410 g/mol. The van der Waals surface area contributed by atoms with Gasteiger partial charge in [0.1, 0.15) is 11.6 Å². The van der Waals surface area contributed by atoms with Crippen molar-refractivity contribution in [1.82, 2.24) is 9.55 Å². The van der Waals surface area contributed by atoms with E-state index in [-0.39, 0.29) is 11.6 Å². The van der Waals surface area contributed by atoms with Crippen LogP contribution in [0.4, 0.5) is 4.39 Å². The first-order valence-electron chi connectivity index (χ1n) is 10.00. The molecule has 31 heavy (non-hydrogen) atoms. The molecule has 5 heteroatoms. The predicted molar refractivity (Wildman–Crippen MR) is 118 cm³/mol. The number of halogens is 1. The number of furan rings is 1. The molecule has 5 rings (SSSR count). The SMILES string of the molecule is Cc1ccc(-c2nc3ccc(C(=O)c4ccccc4)cc3n2Cc2ccc(F)cc2)o1. The summed E-state index contributed by atoms with van der Waals surface area (Å²) in [6.45, 7) is 2.35. The zero-order chi connectivity index (χ0) is 21.4. The lowest BCUT2D eigenvalue weighted by Gasteiger charge is -2.09. The van der Waals surface area contributed by atoms with Crippen molar-refractivity contribution in [2.75, 3.05) is 0 Å². The Morgan fingerprint density at radius 2 is 1.71 bits per heavy atom. The summed E-state index contributed by atoms with van der Waals surface area (Å²) in [6, 6.07) is 24.9. The molecule has 0 spiro atoms. The quantitative estimate of drug-likeness (QED) is 0.333. The average molecular weight is 410 g/mol. The summed E-state index contributed by atoms with van der Waals surface area (Å²) in [5, 5.41) is 0. The number of aromatic nitrogens is 2. The molecule has 0 N–H and O–H groups in total. The second kappa shape index (κ2) is 7.69. The summed E-state index contributed by atoms with van der Waals surface area (Å²) >= 11 is 0. The first-order chi connectivity index (χ1) is 15.1. The predicted octanol–water partition coefficient (Wildman–Crippen LogP) is 6.02. The highest BCUT2D eigenvalue weighted by molar-refractivity contribution is 6.10. The van der Waals surface area contributed by atoms with Crippen LogP contribution in [0.1, 0.15) is 27.2 Å². The van der Waals surface area contributed by atoms with Gasteiger partial charge in [0.2, 0.25) is 0 Å². The minimum Gasteiger partial charge on any atom is -0.458 e. The molecule has 2 heterocycles. The van der Waals surface area contributed by atoms with Crippen molar-refractivity contribution in [3.05, 3.63) is 113 Å². The molecule has 3 aromatic carbocycles. The summed E-state index contributed by atoms with van der Waals surface area (Å²) < 4.78 is 21.2. The van der Waals surface area contributed by atoms with Crippen molar-refractivity contribution in [1.29, 1.82) is 0 Å². The molecule has 0 bridgehead atoms. The Labute approximate surface area is 178 Å². The Morgan fingerprint density at radius 1 is 0.935 bits per heavy atom. The van der Waals surface area contributed by atoms with E-state index in [1.54, 1.807) is 30.3 Å². The number of rotatable bonds is 5. The van der Waals surface area contributed by atoms with Gasteiger partial charge >= 0.3 is 0 Å². The molecule has 0 aliphatic rings. The highest BCUT2D eigenvalue weighted by atomic mass is 19.1. The number of carbonyl (C=O) groups is 1. The minimum absolute atomic E-state index is 0.0487. The maximum absolute atomic E-state index is 13.4. The van der Waals surface area contributed by atoms with Gasteiger partial charge in [-0.2, -0.15) is 0 Å². The number of carbonyl (C=O) groups excluding carboxylic acids is 1. The molecule has 0 aliphatic carbocycles. The normalized spacial score (nSPS) is 11.2. The summed E-state index contributed by atoms with van der Waals surface area (Å²) in [4.78, 5) is 17.8. The smallest absolute Gasteiger partial charge is 0.193 e. The third-order valence-electron chi connectivity index (χ3n) is 5.26. The molecule has 0 fully saturated rings. The summed E-state index contributed by atoms with van der Waals surface area (Å²) in [5.41, 5.74) is 3.71. The Hall–Kier alpha value is -3.99. The van der Waals surface area contributed by atoms with Crippen LogP contribution in [0.2, 0.25) is 0 Å². The molecule has 0 saturated carbocycles. The van der Waals surface area contributed by atoms with Gasteiger partial charge in [-0.3, -0.25) is 4.79 Å². The van der Waals surface area contributed by atoms with E-state index in [9.17, 15) is 9.18 Å². The fourth-order valence-electron chi connectivity index (χ4n) is 3.70. The Bertz CT molecular complexity index is 1380. The Kier molecular flexibility index (Phi) is 4.71. The van der Waals surface area contributed by atoms with Crippen molar-refractivity contribution in [3.8, 4) is 11.6 Å². The van der Waals surface area contributed by atoms with E-state index in [2.05, 4.69) is 0 Å². The number of hydrogen-bond acceptors (Lipinski definition) is 3. The molecule has 0 saturated heterocycles. The second-order valence-corrected chi connectivity index (χ2v) is 7.46. The average Bonchev–Trinajstić information content (AvgIpc) is 3.38. The topological polar surface area (TPSA) is 48.0 Å². The highest BCUT2D eigenvalue weighted by Gasteiger charge is 2.18. The fraction of sp³-hybridized carbons (Fsp3) is 0.0769. The number of hydrogen-bond donors (Lipinski definition) is 0. The highest BCUT2D eigenvalue weighted by Crippen LogP contribution is 2.28. The molecule has 4 nitrogen and oxygen atoms in total. The van der Waals surface area contributed by atoms with E-state index >= 15 is 0 Å². The molecular weight excluding hydrogens is 391 g/mol. The second-order valence-electron chi connectivity index (χ2n) is 7.46. The van der Waals surface area contributed by atoms with Gasteiger partial charge in [0.05, 0.1) is 11.0 Å². The standard InChI is InChI=1S/C26H19FN2O2/c1-17-7-14-24(31-17)26-28-22-13-10-20(25(30)19-5-3-2-4-6-19)15-23(22)29(26)16-18-8-11-21(27)12-9-18/h2-15H,16H2,1H3. The van der Waals surface area contributed by atoms with Crippen molar-refractivity contribution < 1.29 is 13.6 Å². The molecule has 0 radical (unpaired) electrons.